The van der Waals surface area contributed by atoms with Crippen LogP contribution in [0.4, 0.5) is 10.1 Å². The number of carbonyl (C=O) groups is 2. The van der Waals surface area contributed by atoms with Gasteiger partial charge in [0, 0.05) is 23.4 Å². The highest BCUT2D eigenvalue weighted by atomic mass is 19.1. The zero-order chi connectivity index (χ0) is 19.9. The van der Waals surface area contributed by atoms with Gasteiger partial charge in [-0.15, -0.1) is 0 Å². The van der Waals surface area contributed by atoms with Crippen LogP contribution in [-0.2, 0) is 4.79 Å². The number of para-hydroxylation sites is 1. The molecule has 0 aromatic heterocycles. The Labute approximate surface area is 163 Å². The summed E-state index contributed by atoms with van der Waals surface area (Å²) in [5, 5.41) is 0. The maximum absolute atomic E-state index is 13.0. The van der Waals surface area contributed by atoms with Gasteiger partial charge < -0.3 is 9.64 Å². The Morgan fingerprint density at radius 1 is 0.857 bits per heavy atom. The number of amides is 1. The number of rotatable bonds is 7. The Balaban J connectivity index is 1.62. The molecule has 0 saturated heterocycles. The summed E-state index contributed by atoms with van der Waals surface area (Å²) in [7, 11) is 0. The van der Waals surface area contributed by atoms with Crippen molar-refractivity contribution in [2.45, 2.75) is 6.92 Å². The molecule has 0 atom stereocenters. The zero-order valence-electron chi connectivity index (χ0n) is 15.5. The van der Waals surface area contributed by atoms with Crippen LogP contribution in [0.2, 0.25) is 0 Å². The summed E-state index contributed by atoms with van der Waals surface area (Å²) >= 11 is 0. The minimum atomic E-state index is -0.387. The molecule has 142 valence electrons. The Bertz CT molecular complexity index is 938. The van der Waals surface area contributed by atoms with Crippen LogP contribution in [0.15, 0.2) is 78.9 Å². The van der Waals surface area contributed by atoms with Crippen LogP contribution in [0.25, 0.3) is 0 Å². The number of ketones is 1. The van der Waals surface area contributed by atoms with E-state index in [-0.39, 0.29) is 24.1 Å². The van der Waals surface area contributed by atoms with Crippen LogP contribution >= 0.6 is 0 Å². The highest BCUT2D eigenvalue weighted by Gasteiger charge is 2.14. The van der Waals surface area contributed by atoms with Gasteiger partial charge in [0.25, 0.3) is 5.91 Å². The summed E-state index contributed by atoms with van der Waals surface area (Å²) in [5.74, 6) is -0.251. The second-order valence-corrected chi connectivity index (χ2v) is 6.12. The van der Waals surface area contributed by atoms with Gasteiger partial charge in [0.1, 0.15) is 11.6 Å². The number of hydrogen-bond donors (Lipinski definition) is 0. The molecule has 0 saturated carbocycles. The molecule has 0 heterocycles. The number of nitrogens with zero attached hydrogens (tertiary/aromatic N) is 1. The van der Waals surface area contributed by atoms with E-state index >= 15 is 0 Å². The molecule has 0 unspecified atom stereocenters. The molecular formula is C23H20FNO3. The van der Waals surface area contributed by atoms with Crippen molar-refractivity contribution in [2.24, 2.45) is 0 Å². The second kappa shape index (κ2) is 8.95. The SMILES string of the molecule is CCN(C(=O)COc1ccc(C(=O)c2ccc(F)cc2)cc1)c1ccccc1. The van der Waals surface area contributed by atoms with E-state index in [1.165, 1.54) is 24.3 Å². The molecule has 28 heavy (non-hydrogen) atoms. The van der Waals surface area contributed by atoms with Crippen molar-refractivity contribution in [3.8, 4) is 5.75 Å². The van der Waals surface area contributed by atoms with Gasteiger partial charge >= 0.3 is 0 Å². The zero-order valence-corrected chi connectivity index (χ0v) is 15.5. The Kier molecular flexibility index (Phi) is 6.17. The maximum Gasteiger partial charge on any atom is 0.264 e. The molecule has 3 rings (SSSR count). The van der Waals surface area contributed by atoms with Gasteiger partial charge in [-0.2, -0.15) is 0 Å². The van der Waals surface area contributed by atoms with E-state index in [1.54, 1.807) is 29.2 Å². The number of anilines is 1. The highest BCUT2D eigenvalue weighted by Crippen LogP contribution is 2.17. The number of ether oxygens (including phenoxy) is 1. The first-order valence-corrected chi connectivity index (χ1v) is 8.97. The first-order valence-electron chi connectivity index (χ1n) is 8.97. The van der Waals surface area contributed by atoms with Gasteiger partial charge in [0.15, 0.2) is 12.4 Å². The Morgan fingerprint density at radius 2 is 1.43 bits per heavy atom. The van der Waals surface area contributed by atoms with E-state index < -0.39 is 0 Å². The lowest BCUT2D eigenvalue weighted by Gasteiger charge is -2.21. The summed E-state index contributed by atoms with van der Waals surface area (Å²) in [6, 6.07) is 21.3. The number of benzene rings is 3. The maximum atomic E-state index is 13.0. The molecule has 0 bridgehead atoms. The minimum absolute atomic E-state index is 0.103. The quantitative estimate of drug-likeness (QED) is 0.570. The summed E-state index contributed by atoms with van der Waals surface area (Å²) in [6.07, 6.45) is 0. The molecule has 5 heteroatoms. The van der Waals surface area contributed by atoms with Crippen LogP contribution < -0.4 is 9.64 Å². The third-order valence-electron chi connectivity index (χ3n) is 4.27. The number of halogens is 1. The predicted molar refractivity (Wildman–Crippen MR) is 106 cm³/mol. The van der Waals surface area contributed by atoms with Gasteiger partial charge in [-0.1, -0.05) is 18.2 Å². The number of hydrogen-bond acceptors (Lipinski definition) is 3. The van der Waals surface area contributed by atoms with Crippen LogP contribution in [0, 0.1) is 5.82 Å². The molecular weight excluding hydrogens is 357 g/mol. The van der Waals surface area contributed by atoms with Gasteiger partial charge in [-0.05, 0) is 67.6 Å². The molecule has 0 radical (unpaired) electrons. The van der Waals surface area contributed by atoms with Crippen LogP contribution in [0.1, 0.15) is 22.8 Å². The molecule has 0 aliphatic carbocycles. The molecule has 0 aliphatic heterocycles. The molecule has 0 N–H and O–H groups in total. The molecule has 4 nitrogen and oxygen atoms in total. The smallest absolute Gasteiger partial charge is 0.264 e. The summed E-state index contributed by atoms with van der Waals surface area (Å²) in [6.45, 7) is 2.34. The van der Waals surface area contributed by atoms with E-state index in [0.717, 1.165) is 5.69 Å². The van der Waals surface area contributed by atoms with Gasteiger partial charge in [0.2, 0.25) is 0 Å². The first-order chi connectivity index (χ1) is 13.6. The van der Waals surface area contributed by atoms with Gasteiger partial charge in [-0.3, -0.25) is 9.59 Å². The number of carbonyl (C=O) groups excluding carboxylic acids is 2. The lowest BCUT2D eigenvalue weighted by molar-refractivity contribution is -0.120. The predicted octanol–water partition coefficient (Wildman–Crippen LogP) is 4.49. The lowest BCUT2D eigenvalue weighted by atomic mass is 10.0. The third kappa shape index (κ3) is 4.62. The average Bonchev–Trinajstić information content (AvgIpc) is 2.74. The second-order valence-electron chi connectivity index (χ2n) is 6.12. The number of likely N-dealkylation sites (N-methyl/N-ethyl adjacent to an activating group) is 1. The lowest BCUT2D eigenvalue weighted by Crippen LogP contribution is -2.34. The van der Waals surface area contributed by atoms with Crippen molar-refractivity contribution in [3.63, 3.8) is 0 Å². The van der Waals surface area contributed by atoms with Crippen molar-refractivity contribution in [1.82, 2.24) is 0 Å². The molecule has 0 spiro atoms. The van der Waals surface area contributed by atoms with Crippen molar-refractivity contribution in [1.29, 1.82) is 0 Å². The van der Waals surface area contributed by atoms with Crippen molar-refractivity contribution < 1.29 is 18.7 Å². The minimum Gasteiger partial charge on any atom is -0.484 e. The topological polar surface area (TPSA) is 46.6 Å². The summed E-state index contributed by atoms with van der Waals surface area (Å²) in [5.41, 5.74) is 1.69. The van der Waals surface area contributed by atoms with E-state index in [4.69, 9.17) is 4.74 Å². The molecule has 3 aromatic rings. The van der Waals surface area contributed by atoms with Crippen molar-refractivity contribution in [2.75, 3.05) is 18.1 Å². The molecule has 1 amide bonds. The Hall–Kier alpha value is -3.47. The van der Waals surface area contributed by atoms with Gasteiger partial charge in [-0.25, -0.2) is 4.39 Å². The van der Waals surface area contributed by atoms with Crippen LogP contribution in [0.5, 0.6) is 5.75 Å². The summed E-state index contributed by atoms with van der Waals surface area (Å²) in [4.78, 5) is 26.5. The first kappa shape index (κ1) is 19.3. The van der Waals surface area contributed by atoms with Crippen molar-refractivity contribution in [3.05, 3.63) is 95.8 Å². The Morgan fingerprint density at radius 3 is 2.00 bits per heavy atom. The molecule has 0 aliphatic rings. The monoisotopic (exact) mass is 377 g/mol. The van der Waals surface area contributed by atoms with E-state index in [1.807, 2.05) is 37.3 Å². The van der Waals surface area contributed by atoms with Crippen LogP contribution in [-0.4, -0.2) is 24.8 Å². The molecule has 0 fully saturated rings. The fourth-order valence-corrected chi connectivity index (χ4v) is 2.80. The third-order valence-corrected chi connectivity index (χ3v) is 4.27. The van der Waals surface area contributed by atoms with Crippen molar-refractivity contribution >= 4 is 17.4 Å². The average molecular weight is 377 g/mol. The highest BCUT2D eigenvalue weighted by molar-refractivity contribution is 6.09. The molecule has 3 aromatic carbocycles. The van der Waals surface area contributed by atoms with E-state index in [9.17, 15) is 14.0 Å². The standard InChI is InChI=1S/C23H20FNO3/c1-2-25(20-6-4-3-5-7-20)22(26)16-28-21-14-10-18(11-15-21)23(27)17-8-12-19(24)13-9-17/h3-15H,2,16H2,1H3. The van der Waals surface area contributed by atoms with E-state index in [0.29, 0.717) is 23.4 Å². The summed E-state index contributed by atoms with van der Waals surface area (Å²) < 4.78 is 18.6. The normalized spacial score (nSPS) is 10.4. The largest absolute Gasteiger partial charge is 0.484 e. The van der Waals surface area contributed by atoms with Crippen LogP contribution in [0.3, 0.4) is 0 Å². The van der Waals surface area contributed by atoms with E-state index in [2.05, 4.69) is 0 Å². The fraction of sp³-hybridized carbons (Fsp3) is 0.130. The van der Waals surface area contributed by atoms with Gasteiger partial charge in [0.05, 0.1) is 0 Å². The fourth-order valence-electron chi connectivity index (χ4n) is 2.80.